The number of hydrogen-bond donors (Lipinski definition) is 1. The van der Waals surface area contributed by atoms with E-state index in [2.05, 4.69) is 52.2 Å². The van der Waals surface area contributed by atoms with E-state index in [1.165, 1.54) is 11.3 Å². The Morgan fingerprint density at radius 1 is 1.30 bits per heavy atom. The first-order valence-electron chi connectivity index (χ1n) is 7.12. The normalized spacial score (nSPS) is 12.6. The van der Waals surface area contributed by atoms with Gasteiger partial charge in [0.15, 0.2) is 0 Å². The maximum absolute atomic E-state index is 5.94. The Morgan fingerprint density at radius 3 is 2.55 bits per heavy atom. The Hall–Kier alpha value is -1.13. The highest BCUT2D eigenvalue weighted by atomic mass is 79.9. The van der Waals surface area contributed by atoms with Crippen molar-refractivity contribution in [3.05, 3.63) is 51.8 Å². The Balaban J connectivity index is 2.09. The van der Waals surface area contributed by atoms with E-state index < -0.39 is 0 Å². The average Bonchev–Trinajstić information content (AvgIpc) is 2.76. The minimum absolute atomic E-state index is 0.406. The summed E-state index contributed by atoms with van der Waals surface area (Å²) < 4.78 is 3.15. The molecule has 0 amide bonds. The Bertz CT molecular complexity index is 548. The van der Waals surface area contributed by atoms with E-state index in [0.717, 1.165) is 29.4 Å². The fourth-order valence-corrected chi connectivity index (χ4v) is 3.36. The zero-order chi connectivity index (χ0) is 14.5. The number of aromatic nitrogens is 2. The number of rotatable bonds is 6. The van der Waals surface area contributed by atoms with E-state index in [1.54, 1.807) is 0 Å². The number of aryl methyl sites for hydroxylation is 2. The van der Waals surface area contributed by atoms with Crippen molar-refractivity contribution in [2.75, 3.05) is 6.54 Å². The van der Waals surface area contributed by atoms with Gasteiger partial charge in [-0.05, 0) is 53.2 Å². The molecule has 1 unspecified atom stereocenters. The fourth-order valence-electron chi connectivity index (χ4n) is 2.55. The molecule has 1 heterocycles. The van der Waals surface area contributed by atoms with Gasteiger partial charge in [0.05, 0.1) is 15.9 Å². The van der Waals surface area contributed by atoms with Gasteiger partial charge < -0.3 is 5.73 Å². The molecule has 4 heteroatoms. The highest BCUT2D eigenvalue weighted by Gasteiger charge is 2.15. The molecule has 1 atom stereocenters. The van der Waals surface area contributed by atoms with Crippen LogP contribution in [0.1, 0.15) is 36.2 Å². The SMILES string of the molecule is CCc1nn(C)c(CCC(CN)c2ccccc2)c1Br. The van der Waals surface area contributed by atoms with Gasteiger partial charge in [0.1, 0.15) is 0 Å². The van der Waals surface area contributed by atoms with Crippen LogP contribution in [0.2, 0.25) is 0 Å². The number of hydrogen-bond acceptors (Lipinski definition) is 2. The first-order chi connectivity index (χ1) is 9.67. The molecule has 0 bridgehead atoms. The van der Waals surface area contributed by atoms with E-state index in [1.807, 2.05) is 17.8 Å². The maximum Gasteiger partial charge on any atom is 0.0766 e. The van der Waals surface area contributed by atoms with Gasteiger partial charge in [0.2, 0.25) is 0 Å². The van der Waals surface area contributed by atoms with Crippen LogP contribution in [0.5, 0.6) is 0 Å². The summed E-state index contributed by atoms with van der Waals surface area (Å²) in [6, 6.07) is 10.5. The van der Waals surface area contributed by atoms with Gasteiger partial charge in [-0.3, -0.25) is 4.68 Å². The van der Waals surface area contributed by atoms with Crippen LogP contribution >= 0.6 is 15.9 Å². The summed E-state index contributed by atoms with van der Waals surface area (Å²) in [6.07, 6.45) is 2.98. The van der Waals surface area contributed by atoms with Crippen LogP contribution in [0, 0.1) is 0 Å². The standard InChI is InChI=1S/C16H22BrN3/c1-3-14-16(17)15(20(2)19-14)10-9-13(11-18)12-7-5-4-6-8-12/h4-8,13H,3,9-11,18H2,1-2H3. The lowest BCUT2D eigenvalue weighted by atomic mass is 9.93. The van der Waals surface area contributed by atoms with Crippen molar-refractivity contribution in [2.45, 2.75) is 32.1 Å². The van der Waals surface area contributed by atoms with Crippen LogP contribution in [0.25, 0.3) is 0 Å². The van der Waals surface area contributed by atoms with Crippen LogP contribution in [-0.4, -0.2) is 16.3 Å². The minimum Gasteiger partial charge on any atom is -0.330 e. The molecule has 0 radical (unpaired) electrons. The van der Waals surface area contributed by atoms with Gasteiger partial charge in [-0.1, -0.05) is 37.3 Å². The molecule has 0 saturated carbocycles. The number of nitrogens with two attached hydrogens (primary N) is 1. The van der Waals surface area contributed by atoms with E-state index in [0.29, 0.717) is 12.5 Å². The van der Waals surface area contributed by atoms with Crippen LogP contribution in [-0.2, 0) is 19.9 Å². The highest BCUT2D eigenvalue weighted by molar-refractivity contribution is 9.10. The number of benzene rings is 1. The van der Waals surface area contributed by atoms with E-state index in [4.69, 9.17) is 5.73 Å². The van der Waals surface area contributed by atoms with Crippen LogP contribution in [0.15, 0.2) is 34.8 Å². The molecule has 1 aromatic carbocycles. The molecule has 20 heavy (non-hydrogen) atoms. The van der Waals surface area contributed by atoms with E-state index in [-0.39, 0.29) is 0 Å². The zero-order valence-electron chi connectivity index (χ0n) is 12.1. The predicted octanol–water partition coefficient (Wildman–Crippen LogP) is 3.42. The minimum atomic E-state index is 0.406. The first kappa shape index (κ1) is 15.3. The smallest absolute Gasteiger partial charge is 0.0766 e. The number of halogens is 1. The third-order valence-electron chi connectivity index (χ3n) is 3.79. The molecule has 0 aliphatic carbocycles. The fraction of sp³-hybridized carbons (Fsp3) is 0.438. The lowest BCUT2D eigenvalue weighted by Crippen LogP contribution is -2.14. The van der Waals surface area contributed by atoms with Crippen molar-refractivity contribution in [3.63, 3.8) is 0 Å². The molecule has 2 N–H and O–H groups in total. The number of nitrogens with zero attached hydrogens (tertiary/aromatic N) is 2. The molecule has 108 valence electrons. The Labute approximate surface area is 129 Å². The monoisotopic (exact) mass is 335 g/mol. The molecular weight excluding hydrogens is 314 g/mol. The van der Waals surface area contributed by atoms with Gasteiger partial charge in [0, 0.05) is 7.05 Å². The summed E-state index contributed by atoms with van der Waals surface area (Å²) in [5.74, 6) is 0.406. The van der Waals surface area contributed by atoms with Gasteiger partial charge >= 0.3 is 0 Å². The van der Waals surface area contributed by atoms with Crippen molar-refractivity contribution < 1.29 is 0 Å². The summed E-state index contributed by atoms with van der Waals surface area (Å²) in [6.45, 7) is 2.81. The topological polar surface area (TPSA) is 43.8 Å². The third-order valence-corrected chi connectivity index (χ3v) is 4.70. The molecule has 0 fully saturated rings. The zero-order valence-corrected chi connectivity index (χ0v) is 13.7. The highest BCUT2D eigenvalue weighted by Crippen LogP contribution is 2.26. The second-order valence-electron chi connectivity index (χ2n) is 5.07. The van der Waals surface area contributed by atoms with Crippen LogP contribution < -0.4 is 5.73 Å². The quantitative estimate of drug-likeness (QED) is 0.878. The molecule has 2 rings (SSSR count). The largest absolute Gasteiger partial charge is 0.330 e. The molecule has 0 aliphatic heterocycles. The summed E-state index contributed by atoms with van der Waals surface area (Å²) in [4.78, 5) is 0. The summed E-state index contributed by atoms with van der Waals surface area (Å²) in [5, 5.41) is 4.54. The van der Waals surface area contributed by atoms with Crippen molar-refractivity contribution in [1.29, 1.82) is 0 Å². The summed E-state index contributed by atoms with van der Waals surface area (Å²) >= 11 is 3.68. The molecule has 0 aliphatic rings. The van der Waals surface area contributed by atoms with Gasteiger partial charge in [-0.2, -0.15) is 5.10 Å². The summed E-state index contributed by atoms with van der Waals surface area (Å²) in [7, 11) is 2.01. The van der Waals surface area contributed by atoms with Crippen LogP contribution in [0.3, 0.4) is 0 Å². The summed E-state index contributed by atoms with van der Waals surface area (Å²) in [5.41, 5.74) is 9.66. The third kappa shape index (κ3) is 3.30. The van der Waals surface area contributed by atoms with Crippen molar-refractivity contribution in [3.8, 4) is 0 Å². The molecule has 0 spiro atoms. The average molecular weight is 336 g/mol. The van der Waals surface area contributed by atoms with E-state index >= 15 is 0 Å². The van der Waals surface area contributed by atoms with Crippen molar-refractivity contribution in [1.82, 2.24) is 9.78 Å². The molecule has 1 aromatic heterocycles. The van der Waals surface area contributed by atoms with E-state index in [9.17, 15) is 0 Å². The van der Waals surface area contributed by atoms with Crippen molar-refractivity contribution in [2.24, 2.45) is 12.8 Å². The first-order valence-corrected chi connectivity index (χ1v) is 7.91. The van der Waals surface area contributed by atoms with Crippen molar-refractivity contribution >= 4 is 15.9 Å². The Kier molecular flexibility index (Phi) is 5.38. The Morgan fingerprint density at radius 2 is 2.00 bits per heavy atom. The predicted molar refractivity (Wildman–Crippen MR) is 86.8 cm³/mol. The van der Waals surface area contributed by atoms with Gasteiger partial charge in [0.25, 0.3) is 0 Å². The van der Waals surface area contributed by atoms with Crippen LogP contribution in [0.4, 0.5) is 0 Å². The molecule has 0 saturated heterocycles. The molecule has 2 aromatic rings. The van der Waals surface area contributed by atoms with Gasteiger partial charge in [-0.15, -0.1) is 0 Å². The second kappa shape index (κ2) is 7.04. The lowest BCUT2D eigenvalue weighted by molar-refractivity contribution is 0.601. The second-order valence-corrected chi connectivity index (χ2v) is 5.86. The molecule has 3 nitrogen and oxygen atoms in total. The maximum atomic E-state index is 5.94. The lowest BCUT2D eigenvalue weighted by Gasteiger charge is -2.15. The molecular formula is C16H22BrN3. The van der Waals surface area contributed by atoms with Gasteiger partial charge in [-0.25, -0.2) is 0 Å².